The first-order chi connectivity index (χ1) is 5.76. The van der Waals surface area contributed by atoms with E-state index in [1.807, 2.05) is 12.3 Å². The van der Waals surface area contributed by atoms with Gasteiger partial charge in [-0.1, -0.05) is 0 Å². The summed E-state index contributed by atoms with van der Waals surface area (Å²) in [5, 5.41) is 12.0. The molecule has 0 aliphatic carbocycles. The fourth-order valence-electron chi connectivity index (χ4n) is 0.966. The van der Waals surface area contributed by atoms with Gasteiger partial charge < -0.3 is 10.8 Å². The second-order valence-corrected chi connectivity index (χ2v) is 3.81. The monoisotopic (exact) mass is 186 g/mol. The van der Waals surface area contributed by atoms with Gasteiger partial charge in [0.25, 0.3) is 0 Å². The molecule has 0 amide bonds. The van der Waals surface area contributed by atoms with Crippen molar-refractivity contribution in [3.8, 4) is 0 Å². The Bertz CT molecular complexity index is 233. The summed E-state index contributed by atoms with van der Waals surface area (Å²) in [6.07, 6.45) is 0.797. The zero-order chi connectivity index (χ0) is 8.97. The average molecular weight is 186 g/mol. The van der Waals surface area contributed by atoms with Crippen LogP contribution in [0.3, 0.4) is 0 Å². The van der Waals surface area contributed by atoms with Gasteiger partial charge in [0.2, 0.25) is 0 Å². The molecule has 0 aromatic carbocycles. The highest BCUT2D eigenvalue weighted by molar-refractivity contribution is 7.09. The molecule has 0 saturated heterocycles. The van der Waals surface area contributed by atoms with Gasteiger partial charge in [0.1, 0.15) is 0 Å². The Hall–Kier alpha value is -0.450. The smallest absolute Gasteiger partial charge is 0.0932 e. The van der Waals surface area contributed by atoms with Crippen molar-refractivity contribution < 1.29 is 5.11 Å². The topological polar surface area (TPSA) is 59.1 Å². The highest BCUT2D eigenvalue weighted by Crippen LogP contribution is 2.13. The SMILES string of the molecule is Cc1csc(CC(CN)CO)n1. The van der Waals surface area contributed by atoms with Gasteiger partial charge in [0, 0.05) is 30.0 Å². The van der Waals surface area contributed by atoms with Gasteiger partial charge in [-0.15, -0.1) is 11.3 Å². The molecule has 1 heterocycles. The van der Waals surface area contributed by atoms with E-state index in [0.29, 0.717) is 6.54 Å². The lowest BCUT2D eigenvalue weighted by molar-refractivity contribution is 0.229. The molecule has 1 aromatic heterocycles. The number of thiazole rings is 1. The number of rotatable bonds is 4. The summed E-state index contributed by atoms with van der Waals surface area (Å²) in [5.41, 5.74) is 6.50. The van der Waals surface area contributed by atoms with E-state index >= 15 is 0 Å². The molecule has 0 saturated carbocycles. The summed E-state index contributed by atoms with van der Waals surface area (Å²) in [4.78, 5) is 4.30. The Labute approximate surface area is 76.3 Å². The van der Waals surface area contributed by atoms with E-state index in [1.165, 1.54) is 0 Å². The van der Waals surface area contributed by atoms with Crippen molar-refractivity contribution in [2.24, 2.45) is 11.7 Å². The molecule has 1 unspecified atom stereocenters. The summed E-state index contributed by atoms with van der Waals surface area (Å²) >= 11 is 1.63. The highest BCUT2D eigenvalue weighted by atomic mass is 32.1. The van der Waals surface area contributed by atoms with E-state index in [4.69, 9.17) is 10.8 Å². The quantitative estimate of drug-likeness (QED) is 0.722. The van der Waals surface area contributed by atoms with Crippen LogP contribution in [0.1, 0.15) is 10.7 Å². The number of nitrogens with zero attached hydrogens (tertiary/aromatic N) is 1. The van der Waals surface area contributed by atoms with Crippen molar-refractivity contribution in [2.45, 2.75) is 13.3 Å². The molecule has 4 heteroatoms. The van der Waals surface area contributed by atoms with E-state index < -0.39 is 0 Å². The molecular weight excluding hydrogens is 172 g/mol. The number of aliphatic hydroxyl groups excluding tert-OH is 1. The van der Waals surface area contributed by atoms with Crippen LogP contribution in [0.5, 0.6) is 0 Å². The van der Waals surface area contributed by atoms with Gasteiger partial charge in [-0.05, 0) is 13.5 Å². The molecule has 68 valence electrons. The predicted molar refractivity (Wildman–Crippen MR) is 50.2 cm³/mol. The van der Waals surface area contributed by atoms with Crippen molar-refractivity contribution in [1.82, 2.24) is 4.98 Å². The average Bonchev–Trinajstić information content (AvgIpc) is 2.47. The maximum Gasteiger partial charge on any atom is 0.0932 e. The van der Waals surface area contributed by atoms with E-state index in [1.54, 1.807) is 11.3 Å². The largest absolute Gasteiger partial charge is 0.396 e. The molecular formula is C8H14N2OS. The molecule has 1 aromatic rings. The van der Waals surface area contributed by atoms with Crippen molar-refractivity contribution in [2.75, 3.05) is 13.2 Å². The first-order valence-electron chi connectivity index (χ1n) is 3.98. The van der Waals surface area contributed by atoms with Gasteiger partial charge in [-0.25, -0.2) is 4.98 Å². The van der Waals surface area contributed by atoms with E-state index in [-0.39, 0.29) is 12.5 Å². The van der Waals surface area contributed by atoms with E-state index in [9.17, 15) is 0 Å². The maximum atomic E-state index is 8.89. The van der Waals surface area contributed by atoms with Crippen LogP contribution in [0.4, 0.5) is 0 Å². The lowest BCUT2D eigenvalue weighted by atomic mass is 10.1. The maximum absolute atomic E-state index is 8.89. The van der Waals surface area contributed by atoms with E-state index in [0.717, 1.165) is 17.1 Å². The molecule has 12 heavy (non-hydrogen) atoms. The Balaban J connectivity index is 2.50. The number of aromatic nitrogens is 1. The van der Waals surface area contributed by atoms with Gasteiger partial charge >= 0.3 is 0 Å². The van der Waals surface area contributed by atoms with Crippen molar-refractivity contribution in [1.29, 1.82) is 0 Å². The van der Waals surface area contributed by atoms with Crippen LogP contribution in [-0.2, 0) is 6.42 Å². The molecule has 3 nitrogen and oxygen atoms in total. The van der Waals surface area contributed by atoms with Crippen molar-refractivity contribution in [3.05, 3.63) is 16.1 Å². The van der Waals surface area contributed by atoms with Crippen LogP contribution in [-0.4, -0.2) is 23.2 Å². The van der Waals surface area contributed by atoms with Gasteiger partial charge in [0.05, 0.1) is 5.01 Å². The third-order valence-corrected chi connectivity index (χ3v) is 2.71. The molecule has 1 atom stereocenters. The Morgan fingerprint density at radius 3 is 2.92 bits per heavy atom. The fourth-order valence-corrected chi connectivity index (χ4v) is 1.85. The molecule has 3 N–H and O–H groups in total. The third-order valence-electron chi connectivity index (χ3n) is 1.72. The van der Waals surface area contributed by atoms with Crippen LogP contribution in [0.2, 0.25) is 0 Å². The lowest BCUT2D eigenvalue weighted by Crippen LogP contribution is -2.20. The number of aryl methyl sites for hydroxylation is 1. The van der Waals surface area contributed by atoms with Gasteiger partial charge in [-0.2, -0.15) is 0 Å². The summed E-state index contributed by atoms with van der Waals surface area (Å²) in [7, 11) is 0. The molecule has 0 radical (unpaired) electrons. The summed E-state index contributed by atoms with van der Waals surface area (Å²) in [6.45, 7) is 2.64. The number of nitrogens with two attached hydrogens (primary N) is 1. The Kier molecular flexibility index (Phi) is 3.65. The molecule has 0 aliphatic rings. The van der Waals surface area contributed by atoms with Crippen LogP contribution in [0.25, 0.3) is 0 Å². The third kappa shape index (κ3) is 2.55. The molecule has 0 bridgehead atoms. The lowest BCUT2D eigenvalue weighted by Gasteiger charge is -2.07. The minimum absolute atomic E-state index is 0.148. The number of hydrogen-bond acceptors (Lipinski definition) is 4. The van der Waals surface area contributed by atoms with Gasteiger partial charge in [0.15, 0.2) is 0 Å². The molecule has 1 rings (SSSR count). The molecule has 0 fully saturated rings. The van der Waals surface area contributed by atoms with Crippen LogP contribution >= 0.6 is 11.3 Å². The Morgan fingerprint density at radius 2 is 2.50 bits per heavy atom. The first-order valence-corrected chi connectivity index (χ1v) is 4.86. The normalized spacial score (nSPS) is 13.2. The molecule has 0 spiro atoms. The summed E-state index contributed by atoms with van der Waals surface area (Å²) < 4.78 is 0. The second-order valence-electron chi connectivity index (χ2n) is 2.87. The van der Waals surface area contributed by atoms with Crippen molar-refractivity contribution in [3.63, 3.8) is 0 Å². The summed E-state index contributed by atoms with van der Waals surface area (Å²) in [6, 6.07) is 0. The van der Waals surface area contributed by atoms with Crippen molar-refractivity contribution >= 4 is 11.3 Å². The van der Waals surface area contributed by atoms with Crippen LogP contribution < -0.4 is 5.73 Å². The zero-order valence-corrected chi connectivity index (χ0v) is 7.97. The van der Waals surface area contributed by atoms with E-state index in [2.05, 4.69) is 4.98 Å². The zero-order valence-electron chi connectivity index (χ0n) is 7.16. The number of aliphatic hydroxyl groups is 1. The minimum Gasteiger partial charge on any atom is -0.396 e. The molecule has 0 aliphatic heterocycles. The number of hydrogen-bond donors (Lipinski definition) is 2. The predicted octanol–water partition coefficient (Wildman–Crippen LogP) is 0.561. The van der Waals surface area contributed by atoms with Crippen LogP contribution in [0, 0.1) is 12.8 Å². The van der Waals surface area contributed by atoms with Crippen LogP contribution in [0.15, 0.2) is 5.38 Å². The highest BCUT2D eigenvalue weighted by Gasteiger charge is 2.08. The Morgan fingerprint density at radius 1 is 1.75 bits per heavy atom. The first kappa shape index (κ1) is 9.64. The second kappa shape index (κ2) is 4.54. The summed E-state index contributed by atoms with van der Waals surface area (Å²) in [5.74, 6) is 0.163. The van der Waals surface area contributed by atoms with Gasteiger partial charge in [-0.3, -0.25) is 0 Å². The fraction of sp³-hybridized carbons (Fsp3) is 0.625. The minimum atomic E-state index is 0.148. The standard InChI is InChI=1S/C8H14N2OS/c1-6-5-12-8(10-6)2-7(3-9)4-11/h5,7,11H,2-4,9H2,1H3.